The predicted octanol–water partition coefficient (Wildman–Crippen LogP) is 5.90. The fourth-order valence-corrected chi connectivity index (χ4v) is 3.73. The Morgan fingerprint density at radius 1 is 0.920 bits per heavy atom. The first-order valence-electron chi connectivity index (χ1n) is 9.54. The highest BCUT2D eigenvalue weighted by atomic mass is 32.1. The first kappa shape index (κ1) is 17.9. The Hall–Kier alpha value is -1.87. The van der Waals surface area contributed by atoms with E-state index in [0.717, 1.165) is 23.8 Å². The summed E-state index contributed by atoms with van der Waals surface area (Å²) >= 11 is 5.43. The predicted molar refractivity (Wildman–Crippen MR) is 112 cm³/mol. The molecular formula is C22H28N2S. The van der Waals surface area contributed by atoms with Gasteiger partial charge in [0.15, 0.2) is 5.11 Å². The summed E-state index contributed by atoms with van der Waals surface area (Å²) in [6, 6.07) is 15.2. The summed E-state index contributed by atoms with van der Waals surface area (Å²) in [5.41, 5.74) is 6.59. The van der Waals surface area contributed by atoms with E-state index in [1.807, 2.05) is 0 Å². The highest BCUT2D eigenvalue weighted by molar-refractivity contribution is 7.80. The zero-order valence-electron chi connectivity index (χ0n) is 15.1. The summed E-state index contributed by atoms with van der Waals surface area (Å²) in [5.74, 6) is 0. The Labute approximate surface area is 157 Å². The smallest absolute Gasteiger partial charge is 0.170 e. The molecule has 3 rings (SSSR count). The van der Waals surface area contributed by atoms with Crippen LogP contribution < -0.4 is 10.6 Å². The Morgan fingerprint density at radius 2 is 1.68 bits per heavy atom. The number of benzene rings is 2. The van der Waals surface area contributed by atoms with Crippen LogP contribution in [-0.2, 0) is 6.42 Å². The standard InChI is InChI=1S/C22H28N2S/c1-2-3-4-5-6-9-14-23-22(25)24-19-12-13-21-18(16-19)15-17-10-7-8-11-20(17)21/h7-8,10-13,16H,2-6,9,14-15H2,1H3,(H2,23,24,25). The maximum atomic E-state index is 5.43. The van der Waals surface area contributed by atoms with Crippen molar-refractivity contribution in [2.75, 3.05) is 11.9 Å². The molecule has 0 saturated heterocycles. The molecule has 0 bridgehead atoms. The number of hydrogen-bond acceptors (Lipinski definition) is 1. The SMILES string of the molecule is CCCCCCCCNC(=S)Nc1ccc2c(c1)Cc1ccccc1-2. The van der Waals surface area contributed by atoms with Crippen LogP contribution in [0.5, 0.6) is 0 Å². The maximum Gasteiger partial charge on any atom is 0.170 e. The highest BCUT2D eigenvalue weighted by Crippen LogP contribution is 2.37. The van der Waals surface area contributed by atoms with E-state index >= 15 is 0 Å². The fourth-order valence-electron chi connectivity index (χ4n) is 3.51. The first-order chi connectivity index (χ1) is 12.3. The molecule has 132 valence electrons. The second-order valence-corrected chi connectivity index (χ2v) is 7.26. The van der Waals surface area contributed by atoms with Gasteiger partial charge in [0.2, 0.25) is 0 Å². The fraction of sp³-hybridized carbons (Fsp3) is 0.409. The van der Waals surface area contributed by atoms with Gasteiger partial charge in [-0.2, -0.15) is 0 Å². The van der Waals surface area contributed by atoms with E-state index in [-0.39, 0.29) is 0 Å². The normalized spacial score (nSPS) is 11.7. The van der Waals surface area contributed by atoms with Crippen LogP contribution in [-0.4, -0.2) is 11.7 Å². The first-order valence-corrected chi connectivity index (χ1v) is 9.95. The Kier molecular flexibility index (Phi) is 6.46. The molecule has 1 aliphatic carbocycles. The van der Waals surface area contributed by atoms with Crippen LogP contribution in [0, 0.1) is 0 Å². The molecule has 3 heteroatoms. The average Bonchev–Trinajstić information content (AvgIpc) is 2.98. The van der Waals surface area contributed by atoms with Crippen LogP contribution in [0.4, 0.5) is 5.69 Å². The highest BCUT2D eigenvalue weighted by Gasteiger charge is 2.17. The number of unbranched alkanes of at least 4 members (excludes halogenated alkanes) is 5. The van der Waals surface area contributed by atoms with Gasteiger partial charge in [-0.15, -0.1) is 0 Å². The molecule has 0 aromatic heterocycles. The number of thiocarbonyl (C=S) groups is 1. The van der Waals surface area contributed by atoms with Crippen LogP contribution in [0.15, 0.2) is 42.5 Å². The van der Waals surface area contributed by atoms with Crippen LogP contribution in [0.1, 0.15) is 56.6 Å². The molecule has 0 saturated carbocycles. The van der Waals surface area contributed by atoms with Gasteiger partial charge in [-0.3, -0.25) is 0 Å². The van der Waals surface area contributed by atoms with E-state index in [0.29, 0.717) is 0 Å². The van der Waals surface area contributed by atoms with Crippen molar-refractivity contribution in [3.63, 3.8) is 0 Å². The number of rotatable bonds is 8. The average molecular weight is 353 g/mol. The minimum Gasteiger partial charge on any atom is -0.362 e. The summed E-state index contributed by atoms with van der Waals surface area (Å²) in [7, 11) is 0. The molecule has 2 aromatic rings. The third-order valence-electron chi connectivity index (χ3n) is 4.87. The molecule has 25 heavy (non-hydrogen) atoms. The zero-order chi connectivity index (χ0) is 17.5. The van der Waals surface area contributed by atoms with Gasteiger partial charge < -0.3 is 10.6 Å². The van der Waals surface area contributed by atoms with Crippen LogP contribution in [0.2, 0.25) is 0 Å². The van der Waals surface area contributed by atoms with Gasteiger partial charge in [-0.05, 0) is 59.4 Å². The molecule has 1 aliphatic rings. The van der Waals surface area contributed by atoms with Crippen molar-refractivity contribution < 1.29 is 0 Å². The molecule has 0 atom stereocenters. The topological polar surface area (TPSA) is 24.1 Å². The zero-order valence-corrected chi connectivity index (χ0v) is 15.9. The van der Waals surface area contributed by atoms with Crippen molar-refractivity contribution in [2.45, 2.75) is 51.9 Å². The van der Waals surface area contributed by atoms with E-state index in [1.165, 1.54) is 60.8 Å². The van der Waals surface area contributed by atoms with Gasteiger partial charge in [0.05, 0.1) is 0 Å². The van der Waals surface area contributed by atoms with Crippen molar-refractivity contribution in [3.05, 3.63) is 53.6 Å². The number of anilines is 1. The monoisotopic (exact) mass is 352 g/mol. The van der Waals surface area contributed by atoms with Gasteiger partial charge in [0, 0.05) is 12.2 Å². The minimum atomic E-state index is 0.726. The van der Waals surface area contributed by atoms with Crippen LogP contribution >= 0.6 is 12.2 Å². The minimum absolute atomic E-state index is 0.726. The molecule has 2 nitrogen and oxygen atoms in total. The third-order valence-corrected chi connectivity index (χ3v) is 5.11. The Balaban J connectivity index is 1.45. The quantitative estimate of drug-likeness (QED) is 0.389. The molecular weight excluding hydrogens is 324 g/mol. The maximum absolute atomic E-state index is 5.43. The van der Waals surface area contributed by atoms with Crippen molar-refractivity contribution >= 4 is 23.0 Å². The number of nitrogens with one attached hydrogen (secondary N) is 2. The van der Waals surface area contributed by atoms with E-state index < -0.39 is 0 Å². The molecule has 0 fully saturated rings. The lowest BCUT2D eigenvalue weighted by Gasteiger charge is -2.12. The van der Waals surface area contributed by atoms with E-state index in [2.05, 4.69) is 60.0 Å². The molecule has 0 aliphatic heterocycles. The molecule has 0 amide bonds. The lowest BCUT2D eigenvalue weighted by atomic mass is 10.1. The number of fused-ring (bicyclic) bond motifs is 3. The van der Waals surface area contributed by atoms with E-state index in [9.17, 15) is 0 Å². The summed E-state index contributed by atoms with van der Waals surface area (Å²) in [6.07, 6.45) is 8.84. The largest absolute Gasteiger partial charge is 0.362 e. The molecule has 2 N–H and O–H groups in total. The van der Waals surface area contributed by atoms with Crippen molar-refractivity contribution in [1.82, 2.24) is 5.32 Å². The van der Waals surface area contributed by atoms with Crippen molar-refractivity contribution in [2.24, 2.45) is 0 Å². The summed E-state index contributed by atoms with van der Waals surface area (Å²) in [6.45, 7) is 3.21. The molecule has 2 aromatic carbocycles. The Morgan fingerprint density at radius 3 is 2.56 bits per heavy atom. The molecule has 0 spiro atoms. The van der Waals surface area contributed by atoms with E-state index in [1.54, 1.807) is 0 Å². The lowest BCUT2D eigenvalue weighted by Crippen LogP contribution is -2.29. The van der Waals surface area contributed by atoms with E-state index in [4.69, 9.17) is 12.2 Å². The lowest BCUT2D eigenvalue weighted by molar-refractivity contribution is 0.603. The van der Waals surface area contributed by atoms with Gasteiger partial charge in [-0.1, -0.05) is 69.4 Å². The summed E-state index contributed by atoms with van der Waals surface area (Å²) < 4.78 is 0. The molecule has 0 heterocycles. The van der Waals surface area contributed by atoms with Crippen molar-refractivity contribution in [3.8, 4) is 11.1 Å². The summed E-state index contributed by atoms with van der Waals surface area (Å²) in [4.78, 5) is 0. The summed E-state index contributed by atoms with van der Waals surface area (Å²) in [5, 5.41) is 7.38. The van der Waals surface area contributed by atoms with Crippen LogP contribution in [0.25, 0.3) is 11.1 Å². The third kappa shape index (κ3) is 4.82. The molecule has 0 radical (unpaired) electrons. The van der Waals surface area contributed by atoms with Gasteiger partial charge >= 0.3 is 0 Å². The van der Waals surface area contributed by atoms with Gasteiger partial charge in [-0.25, -0.2) is 0 Å². The van der Waals surface area contributed by atoms with Crippen molar-refractivity contribution in [1.29, 1.82) is 0 Å². The van der Waals surface area contributed by atoms with Gasteiger partial charge in [0.1, 0.15) is 0 Å². The second kappa shape index (κ2) is 9.00. The second-order valence-electron chi connectivity index (χ2n) is 6.85. The molecule has 0 unspecified atom stereocenters. The Bertz CT molecular complexity index is 724. The van der Waals surface area contributed by atoms with Gasteiger partial charge in [0.25, 0.3) is 0 Å². The number of hydrogen-bond donors (Lipinski definition) is 2. The van der Waals surface area contributed by atoms with Crippen LogP contribution in [0.3, 0.4) is 0 Å².